The third-order valence-electron chi connectivity index (χ3n) is 6.10. The minimum atomic E-state index is -3.66. The number of sulfonamides is 1. The van der Waals surface area contributed by atoms with Crippen molar-refractivity contribution in [1.29, 1.82) is 0 Å². The summed E-state index contributed by atoms with van der Waals surface area (Å²) in [5, 5.41) is 4.04. The average molecular weight is 483 g/mol. The van der Waals surface area contributed by atoms with Crippen LogP contribution in [0.3, 0.4) is 0 Å². The van der Waals surface area contributed by atoms with Crippen LogP contribution in [0.15, 0.2) is 64.0 Å². The molecule has 9 heteroatoms. The van der Waals surface area contributed by atoms with E-state index in [0.29, 0.717) is 31.1 Å². The van der Waals surface area contributed by atoms with Gasteiger partial charge in [-0.1, -0.05) is 53.2 Å². The van der Waals surface area contributed by atoms with Crippen molar-refractivity contribution in [2.24, 2.45) is 5.92 Å². The van der Waals surface area contributed by atoms with Gasteiger partial charge in [-0.3, -0.25) is 4.79 Å². The van der Waals surface area contributed by atoms with Gasteiger partial charge >= 0.3 is 0 Å². The van der Waals surface area contributed by atoms with Crippen molar-refractivity contribution in [3.05, 3.63) is 66.1 Å². The van der Waals surface area contributed by atoms with E-state index < -0.39 is 15.9 Å². The molecule has 0 bridgehead atoms. The highest BCUT2D eigenvalue weighted by atomic mass is 32.2. The lowest BCUT2D eigenvalue weighted by Gasteiger charge is -2.35. The Morgan fingerprint density at radius 1 is 1.15 bits per heavy atom. The second kappa shape index (κ2) is 10.1. The topological polar surface area (TPSA) is 96.6 Å². The Bertz CT molecular complexity index is 1220. The highest BCUT2D eigenvalue weighted by Crippen LogP contribution is 2.26. The molecule has 1 aliphatic rings. The number of benzene rings is 2. The van der Waals surface area contributed by atoms with Crippen molar-refractivity contribution < 1.29 is 17.7 Å². The summed E-state index contributed by atoms with van der Waals surface area (Å²) in [5.74, 6) is 0.298. The predicted octanol–water partition coefficient (Wildman–Crippen LogP) is 3.88. The van der Waals surface area contributed by atoms with Gasteiger partial charge in [0.05, 0.1) is 10.8 Å². The molecule has 0 radical (unpaired) electrons. The number of piperidine rings is 1. The van der Waals surface area contributed by atoms with E-state index in [-0.39, 0.29) is 29.9 Å². The molecule has 2 heterocycles. The molecule has 180 valence electrons. The zero-order chi connectivity index (χ0) is 24.3. The summed E-state index contributed by atoms with van der Waals surface area (Å²) >= 11 is 0. The fourth-order valence-electron chi connectivity index (χ4n) is 4.14. The average Bonchev–Trinajstić information content (AvgIpc) is 3.32. The zero-order valence-corrected chi connectivity index (χ0v) is 20.5. The summed E-state index contributed by atoms with van der Waals surface area (Å²) in [6, 6.07) is 16.2. The molecule has 0 saturated carbocycles. The number of rotatable bonds is 7. The Labute approximate surface area is 200 Å². The van der Waals surface area contributed by atoms with E-state index in [1.807, 2.05) is 51.1 Å². The first-order chi connectivity index (χ1) is 16.3. The molecule has 1 aromatic heterocycles. The maximum absolute atomic E-state index is 13.5. The molecule has 0 spiro atoms. The van der Waals surface area contributed by atoms with Crippen molar-refractivity contribution in [1.82, 2.24) is 19.3 Å². The maximum atomic E-state index is 13.5. The SMILES string of the molecule is Cc1ccc(S(=O)(=O)N2CCC[C@H](C(=O)N(Cc3nc(-c4ccccc4)no3)C(C)C)C2)cc1. The Morgan fingerprint density at radius 2 is 1.85 bits per heavy atom. The number of amides is 1. The Hall–Kier alpha value is -3.04. The van der Waals surface area contributed by atoms with Crippen LogP contribution in [0.2, 0.25) is 0 Å². The van der Waals surface area contributed by atoms with E-state index >= 15 is 0 Å². The summed E-state index contributed by atoms with van der Waals surface area (Å²) in [5.41, 5.74) is 1.83. The van der Waals surface area contributed by atoms with Crippen LogP contribution >= 0.6 is 0 Å². The first-order valence-corrected chi connectivity index (χ1v) is 12.9. The van der Waals surface area contributed by atoms with Crippen LogP contribution in [0.1, 0.15) is 38.1 Å². The van der Waals surface area contributed by atoms with Gasteiger partial charge in [-0.05, 0) is 45.7 Å². The van der Waals surface area contributed by atoms with Crippen molar-refractivity contribution in [3.8, 4) is 11.4 Å². The molecule has 4 rings (SSSR count). The van der Waals surface area contributed by atoms with Crippen LogP contribution in [0, 0.1) is 12.8 Å². The van der Waals surface area contributed by atoms with Crippen molar-refractivity contribution in [3.63, 3.8) is 0 Å². The van der Waals surface area contributed by atoms with Crippen molar-refractivity contribution in [2.45, 2.75) is 51.1 Å². The highest BCUT2D eigenvalue weighted by molar-refractivity contribution is 7.89. The molecule has 1 fully saturated rings. The van der Waals surface area contributed by atoms with Gasteiger partial charge in [0.15, 0.2) is 0 Å². The summed E-state index contributed by atoms with van der Waals surface area (Å²) in [4.78, 5) is 19.9. The normalized spacial score (nSPS) is 17.1. The van der Waals surface area contributed by atoms with Gasteiger partial charge in [0.1, 0.15) is 6.54 Å². The summed E-state index contributed by atoms with van der Waals surface area (Å²) in [6.07, 6.45) is 1.27. The highest BCUT2D eigenvalue weighted by Gasteiger charge is 2.36. The molecular weight excluding hydrogens is 452 g/mol. The molecule has 1 atom stereocenters. The van der Waals surface area contributed by atoms with E-state index in [1.165, 1.54) is 4.31 Å². The number of hydrogen-bond donors (Lipinski definition) is 0. The summed E-state index contributed by atoms with van der Waals surface area (Å²) < 4.78 is 33.2. The van der Waals surface area contributed by atoms with E-state index in [0.717, 1.165) is 11.1 Å². The molecular formula is C25H30N4O4S. The number of aromatic nitrogens is 2. The molecule has 2 aromatic carbocycles. The smallest absolute Gasteiger partial charge is 0.246 e. The fraction of sp³-hybridized carbons (Fsp3) is 0.400. The minimum absolute atomic E-state index is 0.0988. The standard InChI is InChI=1S/C25H30N4O4S/c1-18(2)29(17-23-26-24(27-33-23)20-8-5-4-6-9-20)25(30)21-10-7-15-28(16-21)34(31,32)22-13-11-19(3)12-14-22/h4-6,8-9,11-14,18,21H,7,10,15-17H2,1-3H3/t21-/m0/s1. The molecule has 1 amide bonds. The van der Waals surface area contributed by atoms with Crippen LogP contribution in [-0.2, 0) is 21.4 Å². The lowest BCUT2D eigenvalue weighted by atomic mass is 9.97. The predicted molar refractivity (Wildman–Crippen MR) is 128 cm³/mol. The molecule has 0 unspecified atom stereocenters. The largest absolute Gasteiger partial charge is 0.337 e. The van der Waals surface area contributed by atoms with E-state index in [1.54, 1.807) is 29.2 Å². The van der Waals surface area contributed by atoms with Gasteiger partial charge in [0, 0.05) is 24.7 Å². The second-order valence-corrected chi connectivity index (χ2v) is 10.9. The molecule has 3 aromatic rings. The molecule has 0 aliphatic carbocycles. The summed E-state index contributed by atoms with van der Waals surface area (Å²) in [6.45, 7) is 6.52. The number of hydrogen-bond acceptors (Lipinski definition) is 6. The Morgan fingerprint density at radius 3 is 2.53 bits per heavy atom. The van der Waals surface area contributed by atoms with Crippen LogP contribution in [0.4, 0.5) is 0 Å². The van der Waals surface area contributed by atoms with Gasteiger partial charge < -0.3 is 9.42 Å². The van der Waals surface area contributed by atoms with Crippen molar-refractivity contribution in [2.75, 3.05) is 13.1 Å². The second-order valence-electron chi connectivity index (χ2n) is 8.95. The van der Waals surface area contributed by atoms with E-state index in [9.17, 15) is 13.2 Å². The molecule has 1 aliphatic heterocycles. The summed E-state index contributed by atoms with van der Waals surface area (Å²) in [7, 11) is -3.66. The van der Waals surface area contributed by atoms with Gasteiger partial charge in [-0.15, -0.1) is 0 Å². The van der Waals surface area contributed by atoms with Gasteiger partial charge in [0.2, 0.25) is 27.6 Å². The number of nitrogens with zero attached hydrogens (tertiary/aromatic N) is 4. The van der Waals surface area contributed by atoms with Crippen LogP contribution in [0.25, 0.3) is 11.4 Å². The lowest BCUT2D eigenvalue weighted by molar-refractivity contribution is -0.139. The molecule has 34 heavy (non-hydrogen) atoms. The van der Waals surface area contributed by atoms with Gasteiger partial charge in [-0.25, -0.2) is 8.42 Å². The molecule has 8 nitrogen and oxygen atoms in total. The maximum Gasteiger partial charge on any atom is 0.246 e. The van der Waals surface area contributed by atoms with E-state index in [4.69, 9.17) is 4.52 Å². The van der Waals surface area contributed by atoms with Crippen molar-refractivity contribution >= 4 is 15.9 Å². The van der Waals surface area contributed by atoms with Gasteiger partial charge in [-0.2, -0.15) is 9.29 Å². The third-order valence-corrected chi connectivity index (χ3v) is 7.98. The number of aryl methyl sites for hydroxylation is 1. The number of carbonyl (C=O) groups excluding carboxylic acids is 1. The quantitative estimate of drug-likeness (QED) is 0.507. The minimum Gasteiger partial charge on any atom is -0.337 e. The molecule has 0 N–H and O–H groups in total. The monoisotopic (exact) mass is 482 g/mol. The van der Waals surface area contributed by atoms with Crippen LogP contribution < -0.4 is 0 Å². The first kappa shape index (κ1) is 24.1. The lowest BCUT2D eigenvalue weighted by Crippen LogP contribution is -2.48. The van der Waals surface area contributed by atoms with Gasteiger partial charge in [0.25, 0.3) is 0 Å². The number of carbonyl (C=O) groups is 1. The van der Waals surface area contributed by atoms with Crippen LogP contribution in [0.5, 0.6) is 0 Å². The molecule has 1 saturated heterocycles. The fourth-order valence-corrected chi connectivity index (χ4v) is 5.66. The Balaban J connectivity index is 1.48. The zero-order valence-electron chi connectivity index (χ0n) is 19.7. The Kier molecular flexibility index (Phi) is 7.13. The third kappa shape index (κ3) is 5.20. The van der Waals surface area contributed by atoms with Crippen LogP contribution in [-0.4, -0.2) is 52.8 Å². The first-order valence-electron chi connectivity index (χ1n) is 11.5. The van der Waals surface area contributed by atoms with E-state index in [2.05, 4.69) is 10.1 Å².